The Hall–Kier alpha value is -3.31. The molecule has 0 aromatic heterocycles. The van der Waals surface area contributed by atoms with E-state index < -0.39 is 6.04 Å². The Balaban J connectivity index is 1.76. The van der Waals surface area contributed by atoms with Crippen LogP contribution in [0.5, 0.6) is 5.75 Å². The highest BCUT2D eigenvalue weighted by Crippen LogP contribution is 2.18. The van der Waals surface area contributed by atoms with E-state index in [4.69, 9.17) is 16.3 Å². The molecule has 0 unspecified atom stereocenters. The highest BCUT2D eigenvalue weighted by molar-refractivity contribution is 6.30. The van der Waals surface area contributed by atoms with Gasteiger partial charge in [-0.15, -0.1) is 0 Å². The van der Waals surface area contributed by atoms with Crippen molar-refractivity contribution < 1.29 is 14.3 Å². The fraction of sp³-hybridized carbons (Fsp3) is 0.333. The number of amides is 2. The Morgan fingerprint density at radius 2 is 1.64 bits per heavy atom. The summed E-state index contributed by atoms with van der Waals surface area (Å²) in [4.78, 5) is 28.5. The van der Waals surface area contributed by atoms with Gasteiger partial charge in [-0.1, -0.05) is 78.7 Å². The van der Waals surface area contributed by atoms with E-state index in [9.17, 15) is 9.59 Å². The minimum absolute atomic E-state index is 0.0787. The van der Waals surface area contributed by atoms with Gasteiger partial charge in [0.2, 0.25) is 11.8 Å². The number of nitrogens with zero attached hydrogens (tertiary/aromatic N) is 1. The predicted molar refractivity (Wildman–Crippen MR) is 145 cm³/mol. The summed E-state index contributed by atoms with van der Waals surface area (Å²) in [6.07, 6.45) is 2.10. The SMILES string of the molecule is CCCNC(=O)[C@H](Cc1ccccc1)N(Cc1ccc(Cl)cc1)C(=O)CCCOc1ccc(C)cc1. The summed E-state index contributed by atoms with van der Waals surface area (Å²) in [5.74, 6) is 0.566. The average Bonchev–Trinajstić information content (AvgIpc) is 2.89. The second kappa shape index (κ2) is 14.3. The summed E-state index contributed by atoms with van der Waals surface area (Å²) in [6.45, 7) is 5.36. The first-order valence-corrected chi connectivity index (χ1v) is 12.9. The van der Waals surface area contributed by atoms with Gasteiger partial charge in [0.05, 0.1) is 6.61 Å². The van der Waals surface area contributed by atoms with Gasteiger partial charge in [0, 0.05) is 31.0 Å². The van der Waals surface area contributed by atoms with Crippen LogP contribution in [-0.2, 0) is 22.6 Å². The van der Waals surface area contributed by atoms with E-state index in [0.717, 1.165) is 23.3 Å². The van der Waals surface area contributed by atoms with Gasteiger partial charge in [-0.2, -0.15) is 0 Å². The first-order chi connectivity index (χ1) is 17.5. The van der Waals surface area contributed by atoms with Crippen molar-refractivity contribution in [1.29, 1.82) is 0 Å². The van der Waals surface area contributed by atoms with Crippen LogP contribution in [0.2, 0.25) is 5.02 Å². The van der Waals surface area contributed by atoms with Crippen molar-refractivity contribution in [3.63, 3.8) is 0 Å². The van der Waals surface area contributed by atoms with Crippen molar-refractivity contribution in [2.75, 3.05) is 13.2 Å². The molecule has 1 atom stereocenters. The van der Waals surface area contributed by atoms with Crippen LogP contribution in [0.3, 0.4) is 0 Å². The smallest absolute Gasteiger partial charge is 0.243 e. The second-order valence-electron chi connectivity index (χ2n) is 8.91. The molecule has 0 aliphatic rings. The van der Waals surface area contributed by atoms with Crippen molar-refractivity contribution in [3.05, 3.63) is 101 Å². The van der Waals surface area contributed by atoms with E-state index in [1.54, 1.807) is 17.0 Å². The highest BCUT2D eigenvalue weighted by Gasteiger charge is 2.30. The van der Waals surface area contributed by atoms with Gasteiger partial charge >= 0.3 is 0 Å². The van der Waals surface area contributed by atoms with Crippen molar-refractivity contribution in [3.8, 4) is 5.75 Å². The van der Waals surface area contributed by atoms with Crippen LogP contribution >= 0.6 is 11.6 Å². The zero-order valence-electron chi connectivity index (χ0n) is 21.1. The molecule has 0 heterocycles. The standard InChI is InChI=1S/C30H35ClN2O3/c1-3-19-32-30(35)28(21-24-8-5-4-6-9-24)33(22-25-13-15-26(31)16-14-25)29(34)10-7-20-36-27-17-11-23(2)12-18-27/h4-6,8-9,11-18,28H,3,7,10,19-22H2,1-2H3,(H,32,35)/t28-/m0/s1. The minimum Gasteiger partial charge on any atom is -0.494 e. The molecule has 0 aliphatic carbocycles. The van der Waals surface area contributed by atoms with E-state index in [1.165, 1.54) is 5.56 Å². The lowest BCUT2D eigenvalue weighted by Gasteiger charge is -2.31. The minimum atomic E-state index is -0.625. The molecule has 1 N–H and O–H groups in total. The lowest BCUT2D eigenvalue weighted by Crippen LogP contribution is -2.50. The van der Waals surface area contributed by atoms with Gasteiger partial charge in [0.1, 0.15) is 11.8 Å². The maximum absolute atomic E-state index is 13.5. The zero-order chi connectivity index (χ0) is 25.8. The van der Waals surface area contributed by atoms with E-state index in [-0.39, 0.29) is 18.2 Å². The molecule has 3 aromatic carbocycles. The average molecular weight is 507 g/mol. The number of nitrogens with one attached hydrogen (secondary N) is 1. The third-order valence-electron chi connectivity index (χ3n) is 5.91. The number of ether oxygens (including phenoxy) is 1. The van der Waals surface area contributed by atoms with Crippen LogP contribution in [0.4, 0.5) is 0 Å². The van der Waals surface area contributed by atoms with Gasteiger partial charge in [0.25, 0.3) is 0 Å². The number of rotatable bonds is 13. The first kappa shape index (κ1) is 27.3. The maximum Gasteiger partial charge on any atom is 0.243 e. The van der Waals surface area contributed by atoms with E-state index in [1.807, 2.05) is 80.6 Å². The molecule has 0 aliphatic heterocycles. The molecule has 5 nitrogen and oxygen atoms in total. The van der Waals surface area contributed by atoms with Crippen LogP contribution < -0.4 is 10.1 Å². The van der Waals surface area contributed by atoms with E-state index in [2.05, 4.69) is 5.32 Å². The highest BCUT2D eigenvalue weighted by atomic mass is 35.5. The summed E-state index contributed by atoms with van der Waals surface area (Å²) in [5, 5.41) is 3.63. The molecule has 190 valence electrons. The number of halogens is 1. The molecular formula is C30H35ClN2O3. The number of carbonyl (C=O) groups excluding carboxylic acids is 2. The number of hydrogen-bond acceptors (Lipinski definition) is 3. The Labute approximate surface area is 219 Å². The zero-order valence-corrected chi connectivity index (χ0v) is 21.8. The number of aryl methyl sites for hydroxylation is 1. The van der Waals surface area contributed by atoms with Gasteiger partial charge in [-0.25, -0.2) is 0 Å². The largest absolute Gasteiger partial charge is 0.494 e. The van der Waals surface area contributed by atoms with Crippen LogP contribution in [0, 0.1) is 6.92 Å². The normalized spacial score (nSPS) is 11.5. The van der Waals surface area contributed by atoms with Gasteiger partial charge < -0.3 is 15.0 Å². The first-order valence-electron chi connectivity index (χ1n) is 12.5. The molecule has 3 rings (SSSR count). The third-order valence-corrected chi connectivity index (χ3v) is 6.16. The summed E-state index contributed by atoms with van der Waals surface area (Å²) in [6, 6.07) is 24.4. The van der Waals surface area contributed by atoms with Crippen molar-refractivity contribution in [2.24, 2.45) is 0 Å². The van der Waals surface area contributed by atoms with Crippen molar-refractivity contribution >= 4 is 23.4 Å². The Morgan fingerprint density at radius 3 is 2.31 bits per heavy atom. The van der Waals surface area contributed by atoms with E-state index in [0.29, 0.717) is 37.6 Å². The Bertz CT molecular complexity index is 1090. The monoisotopic (exact) mass is 506 g/mol. The van der Waals surface area contributed by atoms with Crippen LogP contribution in [0.15, 0.2) is 78.9 Å². The third kappa shape index (κ3) is 8.72. The maximum atomic E-state index is 13.5. The number of carbonyl (C=O) groups is 2. The van der Waals surface area contributed by atoms with Gasteiger partial charge in [0.15, 0.2) is 0 Å². The van der Waals surface area contributed by atoms with Crippen LogP contribution in [0.1, 0.15) is 42.9 Å². The summed E-state index contributed by atoms with van der Waals surface area (Å²) >= 11 is 6.07. The molecule has 2 amide bonds. The van der Waals surface area contributed by atoms with Gasteiger partial charge in [-0.3, -0.25) is 9.59 Å². The lowest BCUT2D eigenvalue weighted by atomic mass is 10.0. The number of hydrogen-bond donors (Lipinski definition) is 1. The molecule has 3 aromatic rings. The molecular weight excluding hydrogens is 472 g/mol. The lowest BCUT2D eigenvalue weighted by molar-refractivity contribution is -0.141. The molecule has 0 fully saturated rings. The Morgan fingerprint density at radius 1 is 0.944 bits per heavy atom. The van der Waals surface area contributed by atoms with Crippen LogP contribution in [-0.4, -0.2) is 35.9 Å². The quantitative estimate of drug-likeness (QED) is 0.290. The summed E-state index contributed by atoms with van der Waals surface area (Å²) < 4.78 is 5.81. The van der Waals surface area contributed by atoms with E-state index >= 15 is 0 Å². The molecule has 0 radical (unpaired) electrons. The topological polar surface area (TPSA) is 58.6 Å². The second-order valence-corrected chi connectivity index (χ2v) is 9.35. The molecule has 0 saturated carbocycles. The molecule has 0 saturated heterocycles. The number of benzene rings is 3. The summed E-state index contributed by atoms with van der Waals surface area (Å²) in [5.41, 5.74) is 3.09. The van der Waals surface area contributed by atoms with Gasteiger partial charge in [-0.05, 0) is 55.2 Å². The molecule has 0 spiro atoms. The molecule has 36 heavy (non-hydrogen) atoms. The van der Waals surface area contributed by atoms with Crippen molar-refractivity contribution in [1.82, 2.24) is 10.2 Å². The predicted octanol–water partition coefficient (Wildman–Crippen LogP) is 5.97. The molecule has 6 heteroatoms. The van der Waals surface area contributed by atoms with Crippen molar-refractivity contribution in [2.45, 2.75) is 52.1 Å². The van der Waals surface area contributed by atoms with Crippen LogP contribution in [0.25, 0.3) is 0 Å². The molecule has 0 bridgehead atoms. The fourth-order valence-electron chi connectivity index (χ4n) is 3.90. The fourth-order valence-corrected chi connectivity index (χ4v) is 4.02. The Kier molecular flexibility index (Phi) is 10.8. The summed E-state index contributed by atoms with van der Waals surface area (Å²) in [7, 11) is 0.